The Balaban J connectivity index is 0.00000420. The smallest absolute Gasteiger partial charge is 0.221 e. The summed E-state index contributed by atoms with van der Waals surface area (Å²) in [6.45, 7) is 7.66. The van der Waals surface area contributed by atoms with Crippen molar-refractivity contribution in [3.05, 3.63) is 59.7 Å². The largest absolute Gasteiger partial charge is 0.492 e. The summed E-state index contributed by atoms with van der Waals surface area (Å²) in [6.07, 6.45) is 0. The van der Waals surface area contributed by atoms with Crippen molar-refractivity contribution in [2.75, 3.05) is 32.1 Å². The number of nitrogens with zero attached hydrogens (tertiary/aromatic N) is 1. The van der Waals surface area contributed by atoms with E-state index in [2.05, 4.69) is 59.1 Å². The fraction of sp³-hybridized carbons (Fsp3) is 0.364. The van der Waals surface area contributed by atoms with Crippen molar-refractivity contribution < 1.29 is 9.53 Å². The lowest BCUT2D eigenvalue weighted by molar-refractivity contribution is -0.114. The summed E-state index contributed by atoms with van der Waals surface area (Å²) in [6, 6.07) is 15.9. The topological polar surface area (TPSA) is 74.8 Å². The number of guanidine groups is 1. The number of anilines is 1. The van der Waals surface area contributed by atoms with Gasteiger partial charge in [-0.15, -0.1) is 24.0 Å². The first kappa shape index (κ1) is 24.7. The summed E-state index contributed by atoms with van der Waals surface area (Å²) in [5, 5.41) is 9.34. The fourth-order valence-corrected chi connectivity index (χ4v) is 2.69. The predicted octanol–water partition coefficient (Wildman–Crippen LogP) is 3.92. The number of carbonyl (C=O) groups excluding carboxylic acids is 1. The molecule has 0 saturated carbocycles. The zero-order chi connectivity index (χ0) is 20.4. The zero-order valence-corrected chi connectivity index (χ0v) is 19.8. The number of nitrogens with one attached hydrogen (secondary N) is 3. The van der Waals surface area contributed by atoms with E-state index in [1.54, 1.807) is 13.1 Å². The molecule has 29 heavy (non-hydrogen) atoms. The van der Waals surface area contributed by atoms with Gasteiger partial charge in [0.25, 0.3) is 0 Å². The lowest BCUT2D eigenvalue weighted by Gasteiger charge is -2.17. The van der Waals surface area contributed by atoms with Crippen molar-refractivity contribution in [3.8, 4) is 5.75 Å². The number of amides is 1. The highest BCUT2D eigenvalue weighted by Crippen LogP contribution is 2.17. The first-order chi connectivity index (χ1) is 13.5. The van der Waals surface area contributed by atoms with E-state index in [0.717, 1.165) is 18.2 Å². The van der Waals surface area contributed by atoms with Gasteiger partial charge in [-0.05, 0) is 30.5 Å². The van der Waals surface area contributed by atoms with Crippen LogP contribution in [-0.2, 0) is 4.79 Å². The van der Waals surface area contributed by atoms with Gasteiger partial charge in [-0.25, -0.2) is 0 Å². The molecule has 1 amide bonds. The number of hydrogen-bond donors (Lipinski definition) is 3. The molecule has 158 valence electrons. The highest BCUT2D eigenvalue weighted by molar-refractivity contribution is 14.0. The summed E-state index contributed by atoms with van der Waals surface area (Å²) in [5.74, 6) is 1.74. The third kappa shape index (κ3) is 9.17. The average molecular weight is 510 g/mol. The van der Waals surface area contributed by atoms with Crippen LogP contribution >= 0.6 is 24.0 Å². The highest BCUT2D eigenvalue weighted by Gasteiger charge is 2.06. The maximum Gasteiger partial charge on any atom is 0.221 e. The molecular weight excluding hydrogens is 479 g/mol. The van der Waals surface area contributed by atoms with Gasteiger partial charge in [-0.2, -0.15) is 0 Å². The molecule has 0 saturated heterocycles. The standard InChI is InChI=1S/C22H30N4O2.HI/c1-16-8-10-19(11-9-16)17(2)15-25-22(23-4)24-12-13-28-21-7-5-6-20(14-21)26-18(3)27;/h5-11,14,17H,12-13,15H2,1-4H3,(H,26,27)(H2,23,24,25);1H. The van der Waals surface area contributed by atoms with E-state index in [1.165, 1.54) is 18.1 Å². The van der Waals surface area contributed by atoms with Gasteiger partial charge in [-0.3, -0.25) is 9.79 Å². The van der Waals surface area contributed by atoms with E-state index in [9.17, 15) is 4.79 Å². The van der Waals surface area contributed by atoms with E-state index in [-0.39, 0.29) is 29.9 Å². The third-order valence-electron chi connectivity index (χ3n) is 4.26. The molecule has 0 bridgehead atoms. The summed E-state index contributed by atoms with van der Waals surface area (Å²) >= 11 is 0. The second-order valence-electron chi connectivity index (χ2n) is 6.75. The molecule has 2 rings (SSSR count). The fourth-order valence-electron chi connectivity index (χ4n) is 2.69. The summed E-state index contributed by atoms with van der Waals surface area (Å²) in [7, 11) is 1.75. The Labute approximate surface area is 190 Å². The highest BCUT2D eigenvalue weighted by atomic mass is 127. The van der Waals surface area contributed by atoms with Gasteiger partial charge in [0, 0.05) is 32.3 Å². The van der Waals surface area contributed by atoms with Gasteiger partial charge in [0.05, 0.1) is 6.54 Å². The molecule has 3 N–H and O–H groups in total. The van der Waals surface area contributed by atoms with Crippen LogP contribution in [0.4, 0.5) is 5.69 Å². The van der Waals surface area contributed by atoms with Crippen LogP contribution in [0.3, 0.4) is 0 Å². The Morgan fingerprint density at radius 1 is 1.14 bits per heavy atom. The molecule has 0 aliphatic rings. The number of ether oxygens (including phenoxy) is 1. The maximum absolute atomic E-state index is 11.1. The van der Waals surface area contributed by atoms with Crippen LogP contribution in [0.15, 0.2) is 53.5 Å². The molecule has 2 aromatic carbocycles. The third-order valence-corrected chi connectivity index (χ3v) is 4.26. The van der Waals surface area contributed by atoms with Gasteiger partial charge in [0.2, 0.25) is 5.91 Å². The summed E-state index contributed by atoms with van der Waals surface area (Å²) < 4.78 is 5.73. The van der Waals surface area contributed by atoms with Crippen molar-refractivity contribution in [1.29, 1.82) is 0 Å². The molecule has 1 unspecified atom stereocenters. The maximum atomic E-state index is 11.1. The Morgan fingerprint density at radius 3 is 2.52 bits per heavy atom. The molecule has 2 aromatic rings. The van der Waals surface area contributed by atoms with Crippen molar-refractivity contribution in [2.24, 2.45) is 4.99 Å². The monoisotopic (exact) mass is 510 g/mol. The van der Waals surface area contributed by atoms with Gasteiger partial charge in [0.1, 0.15) is 12.4 Å². The van der Waals surface area contributed by atoms with Crippen LogP contribution < -0.4 is 20.7 Å². The molecule has 0 radical (unpaired) electrons. The number of aliphatic imine (C=N–C) groups is 1. The van der Waals surface area contributed by atoms with Crippen LogP contribution in [0.2, 0.25) is 0 Å². The van der Waals surface area contributed by atoms with Crippen LogP contribution in [-0.4, -0.2) is 38.6 Å². The second-order valence-corrected chi connectivity index (χ2v) is 6.75. The van der Waals surface area contributed by atoms with Gasteiger partial charge >= 0.3 is 0 Å². The molecule has 0 spiro atoms. The van der Waals surface area contributed by atoms with Crippen molar-refractivity contribution in [3.63, 3.8) is 0 Å². The van der Waals surface area contributed by atoms with Crippen molar-refractivity contribution in [2.45, 2.75) is 26.7 Å². The molecule has 1 atom stereocenters. The van der Waals surface area contributed by atoms with Crippen LogP contribution in [0.1, 0.15) is 30.9 Å². The number of rotatable bonds is 8. The zero-order valence-electron chi connectivity index (χ0n) is 17.5. The summed E-state index contributed by atoms with van der Waals surface area (Å²) in [5.41, 5.74) is 3.29. The van der Waals surface area contributed by atoms with E-state index in [0.29, 0.717) is 24.8 Å². The first-order valence-corrected chi connectivity index (χ1v) is 9.49. The molecule has 6 nitrogen and oxygen atoms in total. The van der Waals surface area contributed by atoms with E-state index in [1.807, 2.05) is 18.2 Å². The van der Waals surface area contributed by atoms with Crippen LogP contribution in [0.25, 0.3) is 0 Å². The van der Waals surface area contributed by atoms with Crippen molar-refractivity contribution >= 4 is 41.5 Å². The van der Waals surface area contributed by atoms with E-state index >= 15 is 0 Å². The minimum absolute atomic E-state index is 0. The quantitative estimate of drug-likeness (QED) is 0.218. The minimum atomic E-state index is -0.103. The lowest BCUT2D eigenvalue weighted by atomic mass is 10.0. The molecule has 0 fully saturated rings. The van der Waals surface area contributed by atoms with E-state index in [4.69, 9.17) is 4.74 Å². The SMILES string of the molecule is CN=C(NCCOc1cccc(NC(C)=O)c1)NCC(C)c1ccc(C)cc1.I. The Hall–Kier alpha value is -2.29. The molecule has 0 aliphatic heterocycles. The predicted molar refractivity (Wildman–Crippen MR) is 131 cm³/mol. The number of benzene rings is 2. The van der Waals surface area contributed by atoms with Gasteiger partial charge in [0.15, 0.2) is 5.96 Å². The number of carbonyl (C=O) groups is 1. The van der Waals surface area contributed by atoms with Crippen molar-refractivity contribution in [1.82, 2.24) is 10.6 Å². The molecule has 0 aromatic heterocycles. The summed E-state index contributed by atoms with van der Waals surface area (Å²) in [4.78, 5) is 15.4. The van der Waals surface area contributed by atoms with Crippen LogP contribution in [0, 0.1) is 6.92 Å². The molecule has 0 aliphatic carbocycles. The molecular formula is C22H31IN4O2. The van der Waals surface area contributed by atoms with E-state index < -0.39 is 0 Å². The first-order valence-electron chi connectivity index (χ1n) is 9.49. The normalized spacial score (nSPS) is 11.8. The number of hydrogen-bond acceptors (Lipinski definition) is 3. The number of aryl methyl sites for hydroxylation is 1. The van der Waals surface area contributed by atoms with Gasteiger partial charge < -0.3 is 20.7 Å². The van der Waals surface area contributed by atoms with Crippen LogP contribution in [0.5, 0.6) is 5.75 Å². The Kier molecular flexibility index (Phi) is 11.1. The second kappa shape index (κ2) is 13.0. The lowest BCUT2D eigenvalue weighted by Crippen LogP contribution is -2.40. The molecule has 7 heteroatoms. The Bertz CT molecular complexity index is 794. The number of halogens is 1. The molecule has 0 heterocycles. The minimum Gasteiger partial charge on any atom is -0.492 e. The Morgan fingerprint density at radius 2 is 1.86 bits per heavy atom. The average Bonchev–Trinajstić information content (AvgIpc) is 2.67. The van der Waals surface area contributed by atoms with Gasteiger partial charge in [-0.1, -0.05) is 42.8 Å².